The van der Waals surface area contributed by atoms with Crippen LogP contribution in [-0.4, -0.2) is 15.0 Å². The predicted octanol–water partition coefficient (Wildman–Crippen LogP) is 11.3. The van der Waals surface area contributed by atoms with E-state index in [1.54, 1.807) is 0 Å². The first-order valence-corrected chi connectivity index (χ1v) is 15.7. The minimum atomic E-state index is 0.629. The summed E-state index contributed by atoms with van der Waals surface area (Å²) in [6.45, 7) is 0. The fraction of sp³-hybridized carbons (Fsp3) is 0. The zero-order valence-corrected chi connectivity index (χ0v) is 25.3. The number of rotatable bonds is 5. The van der Waals surface area contributed by atoms with Gasteiger partial charge in [0.1, 0.15) is 11.2 Å². The average Bonchev–Trinajstić information content (AvgIpc) is 3.53. The van der Waals surface area contributed by atoms with Crippen LogP contribution in [0.4, 0.5) is 0 Å². The van der Waals surface area contributed by atoms with Gasteiger partial charge in [0.25, 0.3) is 0 Å². The van der Waals surface area contributed by atoms with Crippen LogP contribution in [-0.2, 0) is 0 Å². The molecule has 0 fully saturated rings. The summed E-state index contributed by atoms with van der Waals surface area (Å²) in [6.07, 6.45) is 0. The Hall–Kier alpha value is -6.39. The van der Waals surface area contributed by atoms with Crippen molar-refractivity contribution < 1.29 is 4.42 Å². The first-order valence-electron chi connectivity index (χ1n) is 15.7. The van der Waals surface area contributed by atoms with Crippen molar-refractivity contribution in [2.45, 2.75) is 0 Å². The van der Waals surface area contributed by atoms with Gasteiger partial charge in [-0.2, -0.15) is 0 Å². The van der Waals surface area contributed by atoms with Gasteiger partial charge in [-0.25, -0.2) is 15.0 Å². The molecule has 0 atom stereocenters. The van der Waals surface area contributed by atoms with Crippen LogP contribution in [0, 0.1) is 0 Å². The summed E-state index contributed by atoms with van der Waals surface area (Å²) in [5.41, 5.74) is 9.10. The molecular formula is C43H27N3O. The van der Waals surface area contributed by atoms with Crippen LogP contribution < -0.4 is 0 Å². The lowest BCUT2D eigenvalue weighted by atomic mass is 10.0. The van der Waals surface area contributed by atoms with E-state index in [1.165, 1.54) is 10.9 Å². The molecule has 47 heavy (non-hydrogen) atoms. The fourth-order valence-electron chi connectivity index (χ4n) is 6.25. The van der Waals surface area contributed by atoms with Gasteiger partial charge in [-0.3, -0.25) is 0 Å². The smallest absolute Gasteiger partial charge is 0.164 e. The molecule has 9 aromatic rings. The van der Waals surface area contributed by atoms with Crippen molar-refractivity contribution in [2.75, 3.05) is 0 Å². The summed E-state index contributed by atoms with van der Waals surface area (Å²) in [5.74, 6) is 1.91. The number of hydrogen-bond acceptors (Lipinski definition) is 4. The van der Waals surface area contributed by atoms with Crippen molar-refractivity contribution in [1.82, 2.24) is 15.0 Å². The maximum absolute atomic E-state index is 6.15. The molecule has 7 aromatic carbocycles. The Morgan fingerprint density at radius 3 is 1.51 bits per heavy atom. The molecule has 4 heteroatoms. The van der Waals surface area contributed by atoms with Crippen LogP contribution in [0.1, 0.15) is 0 Å². The van der Waals surface area contributed by atoms with Crippen molar-refractivity contribution in [2.24, 2.45) is 0 Å². The second-order valence-electron chi connectivity index (χ2n) is 11.7. The normalized spacial score (nSPS) is 11.4. The van der Waals surface area contributed by atoms with Crippen molar-refractivity contribution in [3.05, 3.63) is 164 Å². The van der Waals surface area contributed by atoms with E-state index >= 15 is 0 Å². The molecule has 0 saturated heterocycles. The summed E-state index contributed by atoms with van der Waals surface area (Å²) in [4.78, 5) is 15.0. The van der Waals surface area contributed by atoms with Gasteiger partial charge in [0.05, 0.1) is 0 Å². The standard InChI is InChI=1S/C43H27N3O/c1-2-8-28(9-3-1)30-14-19-32(20-15-30)41-44-42(46-43(45-41)36-23-18-29-10-4-5-11-34(29)26-36)33-21-16-31(17-22-33)35-24-25-38-37-12-6-7-13-39(37)47-40(38)27-35/h1-27H. The molecule has 0 aliphatic heterocycles. The zero-order valence-electron chi connectivity index (χ0n) is 25.3. The zero-order chi connectivity index (χ0) is 31.2. The van der Waals surface area contributed by atoms with E-state index in [2.05, 4.69) is 140 Å². The minimum absolute atomic E-state index is 0.629. The topological polar surface area (TPSA) is 51.8 Å². The lowest BCUT2D eigenvalue weighted by Gasteiger charge is -2.10. The highest BCUT2D eigenvalue weighted by atomic mass is 16.3. The molecular weight excluding hydrogens is 574 g/mol. The highest BCUT2D eigenvalue weighted by molar-refractivity contribution is 6.05. The van der Waals surface area contributed by atoms with Crippen LogP contribution in [0.15, 0.2) is 168 Å². The van der Waals surface area contributed by atoms with Crippen molar-refractivity contribution in [3.8, 4) is 56.4 Å². The lowest BCUT2D eigenvalue weighted by molar-refractivity contribution is 0.669. The van der Waals surface area contributed by atoms with Gasteiger partial charge in [-0.05, 0) is 57.3 Å². The summed E-state index contributed by atoms with van der Waals surface area (Å²) in [5, 5.41) is 4.58. The Morgan fingerprint density at radius 1 is 0.298 bits per heavy atom. The van der Waals surface area contributed by atoms with Gasteiger partial charge >= 0.3 is 0 Å². The van der Waals surface area contributed by atoms with E-state index in [9.17, 15) is 0 Å². The molecule has 0 amide bonds. The third kappa shape index (κ3) is 5.02. The van der Waals surface area contributed by atoms with E-state index < -0.39 is 0 Å². The molecule has 0 aliphatic rings. The maximum Gasteiger partial charge on any atom is 0.164 e. The molecule has 9 rings (SSSR count). The summed E-state index contributed by atoms with van der Waals surface area (Å²) in [6, 6.07) is 56.5. The fourth-order valence-corrected chi connectivity index (χ4v) is 6.25. The van der Waals surface area contributed by atoms with E-state index in [4.69, 9.17) is 19.4 Å². The number of aromatic nitrogens is 3. The highest BCUT2D eigenvalue weighted by Gasteiger charge is 2.14. The molecule has 0 aliphatic carbocycles. The first kappa shape index (κ1) is 27.0. The SMILES string of the molecule is c1ccc(-c2ccc(-c3nc(-c4ccc(-c5ccc6c(c5)oc5ccccc56)cc4)nc(-c4ccc5ccccc5c4)n3)cc2)cc1. The van der Waals surface area contributed by atoms with E-state index in [0.29, 0.717) is 17.5 Å². The number of hydrogen-bond donors (Lipinski definition) is 0. The first-order chi connectivity index (χ1) is 23.2. The molecule has 4 nitrogen and oxygen atoms in total. The van der Waals surface area contributed by atoms with Gasteiger partial charge in [0.15, 0.2) is 17.5 Å². The largest absolute Gasteiger partial charge is 0.456 e. The molecule has 0 spiro atoms. The van der Waals surface area contributed by atoms with E-state index in [0.717, 1.165) is 60.7 Å². The monoisotopic (exact) mass is 601 g/mol. The Bertz CT molecular complexity index is 2550. The molecule has 220 valence electrons. The summed E-state index contributed by atoms with van der Waals surface area (Å²) >= 11 is 0. The van der Waals surface area contributed by atoms with Crippen molar-refractivity contribution in [1.29, 1.82) is 0 Å². The van der Waals surface area contributed by atoms with Gasteiger partial charge in [-0.15, -0.1) is 0 Å². The molecule has 2 heterocycles. The Kier molecular flexibility index (Phi) is 6.43. The van der Waals surface area contributed by atoms with Gasteiger partial charge in [-0.1, -0.05) is 140 Å². The van der Waals surface area contributed by atoms with Crippen LogP contribution in [0.5, 0.6) is 0 Å². The number of furan rings is 1. The van der Waals surface area contributed by atoms with Crippen LogP contribution >= 0.6 is 0 Å². The van der Waals surface area contributed by atoms with E-state index in [-0.39, 0.29) is 0 Å². The molecule has 0 saturated carbocycles. The Labute approximate surface area is 271 Å². The Morgan fingerprint density at radius 2 is 0.787 bits per heavy atom. The van der Waals surface area contributed by atoms with Gasteiger partial charge in [0.2, 0.25) is 0 Å². The molecule has 2 aromatic heterocycles. The van der Waals surface area contributed by atoms with Crippen molar-refractivity contribution in [3.63, 3.8) is 0 Å². The third-order valence-electron chi connectivity index (χ3n) is 8.75. The highest BCUT2D eigenvalue weighted by Crippen LogP contribution is 2.33. The van der Waals surface area contributed by atoms with Crippen LogP contribution in [0.2, 0.25) is 0 Å². The maximum atomic E-state index is 6.15. The number of nitrogens with zero attached hydrogens (tertiary/aromatic N) is 3. The second kappa shape index (κ2) is 11.2. The van der Waals surface area contributed by atoms with Gasteiger partial charge < -0.3 is 4.42 Å². The number of fused-ring (bicyclic) bond motifs is 4. The van der Waals surface area contributed by atoms with Gasteiger partial charge in [0, 0.05) is 27.5 Å². The average molecular weight is 602 g/mol. The lowest BCUT2D eigenvalue weighted by Crippen LogP contribution is -2.00. The summed E-state index contributed by atoms with van der Waals surface area (Å²) in [7, 11) is 0. The summed E-state index contributed by atoms with van der Waals surface area (Å²) < 4.78 is 6.15. The molecule has 0 radical (unpaired) electrons. The minimum Gasteiger partial charge on any atom is -0.456 e. The van der Waals surface area contributed by atoms with Crippen molar-refractivity contribution >= 4 is 32.7 Å². The number of para-hydroxylation sites is 1. The number of benzene rings is 7. The Balaban J connectivity index is 1.12. The predicted molar refractivity (Wildman–Crippen MR) is 192 cm³/mol. The van der Waals surface area contributed by atoms with Crippen LogP contribution in [0.3, 0.4) is 0 Å². The third-order valence-corrected chi connectivity index (χ3v) is 8.75. The molecule has 0 N–H and O–H groups in total. The molecule has 0 unspecified atom stereocenters. The van der Waals surface area contributed by atoms with E-state index in [1.807, 2.05) is 24.3 Å². The quantitative estimate of drug-likeness (QED) is 0.197. The molecule has 0 bridgehead atoms. The van der Waals surface area contributed by atoms with Crippen LogP contribution in [0.25, 0.3) is 89.1 Å². The second-order valence-corrected chi connectivity index (χ2v) is 11.7.